The smallest absolute Gasteiger partial charge is 0.335 e. The molecule has 3 heteroatoms. The van der Waals surface area contributed by atoms with Crippen LogP contribution in [0.5, 0.6) is 0 Å². The molecule has 0 bridgehead atoms. The predicted octanol–water partition coefficient (Wildman–Crippen LogP) is 2.69. The van der Waals surface area contributed by atoms with Gasteiger partial charge >= 0.3 is 5.97 Å². The first-order valence-corrected chi connectivity index (χ1v) is 5.69. The molecule has 3 nitrogen and oxygen atoms in total. The van der Waals surface area contributed by atoms with E-state index in [1.807, 2.05) is 6.92 Å². The predicted molar refractivity (Wildman–Crippen MR) is 58.8 cm³/mol. The van der Waals surface area contributed by atoms with Crippen molar-refractivity contribution in [2.24, 2.45) is 11.3 Å². The highest BCUT2D eigenvalue weighted by molar-refractivity contribution is 5.77. The average molecular weight is 214 g/mol. The highest BCUT2D eigenvalue weighted by Crippen LogP contribution is 2.45. The fourth-order valence-electron chi connectivity index (χ4n) is 3.11. The van der Waals surface area contributed by atoms with Crippen LogP contribution in [0.3, 0.4) is 0 Å². The van der Waals surface area contributed by atoms with Crippen molar-refractivity contribution in [1.29, 1.82) is 0 Å². The molecule has 0 aromatic heterocycles. The Balaban J connectivity index is 2.92. The minimum absolute atomic E-state index is 0.0607. The molecular formula is C12H22O3. The monoisotopic (exact) mass is 214 g/mol. The van der Waals surface area contributed by atoms with E-state index in [-0.39, 0.29) is 5.41 Å². The van der Waals surface area contributed by atoms with Crippen LogP contribution in [-0.4, -0.2) is 23.3 Å². The summed E-state index contributed by atoms with van der Waals surface area (Å²) in [4.78, 5) is 11.4. The van der Waals surface area contributed by atoms with Crippen LogP contribution in [0.15, 0.2) is 0 Å². The van der Waals surface area contributed by atoms with Gasteiger partial charge in [0.25, 0.3) is 0 Å². The molecule has 1 saturated carbocycles. The number of hydrogen-bond acceptors (Lipinski definition) is 2. The summed E-state index contributed by atoms with van der Waals surface area (Å²) in [6, 6.07) is 0. The zero-order valence-electron chi connectivity index (χ0n) is 10.2. The molecular weight excluding hydrogens is 192 g/mol. The van der Waals surface area contributed by atoms with E-state index >= 15 is 0 Å². The summed E-state index contributed by atoms with van der Waals surface area (Å²) in [6.45, 7) is 8.68. The number of ether oxygens (including phenoxy) is 1. The molecule has 0 saturated heterocycles. The highest BCUT2D eigenvalue weighted by Gasteiger charge is 2.48. The largest absolute Gasteiger partial charge is 0.479 e. The number of carboxylic acid groups (broad SMARTS) is 1. The fourth-order valence-corrected chi connectivity index (χ4v) is 3.11. The summed E-state index contributed by atoms with van der Waals surface area (Å²) in [6.07, 6.45) is 2.34. The van der Waals surface area contributed by atoms with E-state index in [0.717, 1.165) is 6.42 Å². The van der Waals surface area contributed by atoms with Crippen molar-refractivity contribution in [3.05, 3.63) is 0 Å². The number of aliphatic carboxylic acids is 1. The average Bonchev–Trinajstić information content (AvgIpc) is 1.99. The van der Waals surface area contributed by atoms with E-state index in [9.17, 15) is 9.90 Å². The zero-order valence-corrected chi connectivity index (χ0v) is 10.2. The van der Waals surface area contributed by atoms with E-state index < -0.39 is 11.6 Å². The topological polar surface area (TPSA) is 46.5 Å². The van der Waals surface area contributed by atoms with Gasteiger partial charge in [-0.25, -0.2) is 4.79 Å². The number of carbonyl (C=O) groups is 1. The summed E-state index contributed by atoms with van der Waals surface area (Å²) in [5, 5.41) is 9.34. The maximum absolute atomic E-state index is 11.4. The summed E-state index contributed by atoms with van der Waals surface area (Å²) in [5.41, 5.74) is -0.888. The standard InChI is InChI=1S/C12H22O3/c1-5-15-12(10(13)14)7-9(2)6-11(3,4)8-12/h9H,5-8H2,1-4H3,(H,13,14). The van der Waals surface area contributed by atoms with Gasteiger partial charge in [-0.3, -0.25) is 0 Å². The van der Waals surface area contributed by atoms with Gasteiger partial charge in [-0.05, 0) is 37.5 Å². The molecule has 0 spiro atoms. The van der Waals surface area contributed by atoms with Crippen LogP contribution < -0.4 is 0 Å². The molecule has 15 heavy (non-hydrogen) atoms. The Morgan fingerprint density at radius 2 is 2.07 bits per heavy atom. The second-order valence-electron chi connectivity index (χ2n) is 5.59. The van der Waals surface area contributed by atoms with Crippen molar-refractivity contribution < 1.29 is 14.6 Å². The number of hydrogen-bond donors (Lipinski definition) is 1. The van der Waals surface area contributed by atoms with Crippen molar-refractivity contribution in [2.45, 2.75) is 52.6 Å². The van der Waals surface area contributed by atoms with Crippen LogP contribution in [0, 0.1) is 11.3 Å². The van der Waals surface area contributed by atoms with Crippen LogP contribution in [0.25, 0.3) is 0 Å². The molecule has 1 fully saturated rings. The summed E-state index contributed by atoms with van der Waals surface area (Å²) in [7, 11) is 0. The van der Waals surface area contributed by atoms with Crippen LogP contribution >= 0.6 is 0 Å². The first-order chi connectivity index (χ1) is 6.81. The maximum Gasteiger partial charge on any atom is 0.335 e. The third-order valence-corrected chi connectivity index (χ3v) is 3.15. The van der Waals surface area contributed by atoms with Gasteiger partial charge in [-0.1, -0.05) is 20.8 Å². The fraction of sp³-hybridized carbons (Fsp3) is 0.917. The Morgan fingerprint density at radius 3 is 2.47 bits per heavy atom. The lowest BCUT2D eigenvalue weighted by atomic mass is 9.65. The Morgan fingerprint density at radius 1 is 1.47 bits per heavy atom. The van der Waals surface area contributed by atoms with E-state index in [2.05, 4.69) is 20.8 Å². The molecule has 0 aromatic carbocycles. The Bertz CT molecular complexity index is 247. The maximum atomic E-state index is 11.4. The molecule has 0 amide bonds. The summed E-state index contributed by atoms with van der Waals surface area (Å²) < 4.78 is 5.54. The van der Waals surface area contributed by atoms with E-state index in [1.165, 1.54) is 0 Å². The summed E-state index contributed by atoms with van der Waals surface area (Å²) >= 11 is 0. The molecule has 1 N–H and O–H groups in total. The lowest BCUT2D eigenvalue weighted by molar-refractivity contribution is -0.179. The molecule has 1 rings (SSSR count). The van der Waals surface area contributed by atoms with Gasteiger partial charge in [0.05, 0.1) is 0 Å². The second-order valence-corrected chi connectivity index (χ2v) is 5.59. The molecule has 2 atom stereocenters. The first-order valence-electron chi connectivity index (χ1n) is 5.69. The van der Waals surface area contributed by atoms with Crippen LogP contribution in [0.4, 0.5) is 0 Å². The van der Waals surface area contributed by atoms with Crippen molar-refractivity contribution in [3.63, 3.8) is 0 Å². The Labute approximate surface area is 91.8 Å². The molecule has 1 aliphatic carbocycles. The highest BCUT2D eigenvalue weighted by atomic mass is 16.5. The SMILES string of the molecule is CCOC1(C(=O)O)CC(C)CC(C)(C)C1. The van der Waals surface area contributed by atoms with Crippen molar-refractivity contribution in [2.75, 3.05) is 6.61 Å². The van der Waals surface area contributed by atoms with Gasteiger partial charge in [0.2, 0.25) is 0 Å². The van der Waals surface area contributed by atoms with Crippen molar-refractivity contribution >= 4 is 5.97 Å². The Kier molecular flexibility index (Phi) is 3.44. The van der Waals surface area contributed by atoms with Crippen LogP contribution in [-0.2, 0) is 9.53 Å². The zero-order chi connectivity index (χ0) is 11.7. The molecule has 0 heterocycles. The molecule has 0 aliphatic heterocycles. The van der Waals surface area contributed by atoms with Gasteiger partial charge < -0.3 is 9.84 Å². The van der Waals surface area contributed by atoms with E-state index in [0.29, 0.717) is 25.4 Å². The van der Waals surface area contributed by atoms with Gasteiger partial charge in [0, 0.05) is 6.61 Å². The minimum Gasteiger partial charge on any atom is -0.479 e. The van der Waals surface area contributed by atoms with E-state index in [1.54, 1.807) is 0 Å². The minimum atomic E-state index is -0.948. The second kappa shape index (κ2) is 4.12. The van der Waals surface area contributed by atoms with Crippen LogP contribution in [0.1, 0.15) is 47.0 Å². The molecule has 88 valence electrons. The van der Waals surface area contributed by atoms with Crippen LogP contribution in [0.2, 0.25) is 0 Å². The van der Waals surface area contributed by atoms with Gasteiger partial charge in [-0.2, -0.15) is 0 Å². The van der Waals surface area contributed by atoms with Crippen molar-refractivity contribution in [3.8, 4) is 0 Å². The number of rotatable bonds is 3. The lowest BCUT2D eigenvalue weighted by Gasteiger charge is -2.44. The molecule has 2 unspecified atom stereocenters. The third-order valence-electron chi connectivity index (χ3n) is 3.15. The molecule has 0 aromatic rings. The van der Waals surface area contributed by atoms with Crippen molar-refractivity contribution in [1.82, 2.24) is 0 Å². The molecule has 1 aliphatic rings. The quantitative estimate of drug-likeness (QED) is 0.785. The molecule has 0 radical (unpaired) electrons. The van der Waals surface area contributed by atoms with E-state index in [4.69, 9.17) is 4.74 Å². The first kappa shape index (κ1) is 12.5. The third kappa shape index (κ3) is 2.71. The summed E-state index contributed by atoms with van der Waals surface area (Å²) in [5.74, 6) is -0.389. The number of carboxylic acids is 1. The van der Waals surface area contributed by atoms with Gasteiger partial charge in [0.15, 0.2) is 5.60 Å². The van der Waals surface area contributed by atoms with Gasteiger partial charge in [-0.15, -0.1) is 0 Å². The normalized spacial score (nSPS) is 35.1. The van der Waals surface area contributed by atoms with Gasteiger partial charge in [0.1, 0.15) is 0 Å². The Hall–Kier alpha value is -0.570. The lowest BCUT2D eigenvalue weighted by Crippen LogP contribution is -2.50.